The number of carboxylic acids is 1. The van der Waals surface area contributed by atoms with E-state index in [0.29, 0.717) is 17.0 Å². The fraction of sp³-hybridized carbons (Fsp3) is 0.179. The summed E-state index contributed by atoms with van der Waals surface area (Å²) in [6, 6.07) is 23.9. The van der Waals surface area contributed by atoms with E-state index in [-0.39, 0.29) is 23.7 Å². The summed E-state index contributed by atoms with van der Waals surface area (Å²) in [4.78, 5) is 39.3. The molecule has 0 saturated heterocycles. The van der Waals surface area contributed by atoms with Crippen molar-refractivity contribution in [1.29, 1.82) is 0 Å². The Kier molecular flexibility index (Phi) is 7.71. The zero-order valence-corrected chi connectivity index (χ0v) is 20.4. The van der Waals surface area contributed by atoms with E-state index < -0.39 is 24.1 Å². The van der Waals surface area contributed by atoms with Crippen LogP contribution in [0.25, 0.3) is 0 Å². The molecule has 4 amide bonds. The fourth-order valence-electron chi connectivity index (χ4n) is 4.52. The minimum atomic E-state index is -1.23. The average molecular weight is 504 g/mol. The maximum atomic E-state index is 13.3. The van der Waals surface area contributed by atoms with Crippen LogP contribution >= 0.6 is 11.6 Å². The topological polar surface area (TPSA) is 98.7 Å². The normalized spacial score (nSPS) is 15.6. The van der Waals surface area contributed by atoms with Gasteiger partial charge in [0, 0.05) is 23.2 Å². The van der Waals surface area contributed by atoms with Gasteiger partial charge in [-0.2, -0.15) is 0 Å². The Bertz CT molecular complexity index is 1250. The molecule has 0 aromatic heterocycles. The molecule has 3 N–H and O–H groups in total. The summed E-state index contributed by atoms with van der Waals surface area (Å²) < 4.78 is 0. The van der Waals surface area contributed by atoms with Crippen LogP contribution in [0.3, 0.4) is 0 Å². The number of halogens is 1. The number of amides is 4. The Morgan fingerprint density at radius 1 is 1.00 bits per heavy atom. The van der Waals surface area contributed by atoms with E-state index in [2.05, 4.69) is 10.6 Å². The first kappa shape index (κ1) is 25.0. The summed E-state index contributed by atoms with van der Waals surface area (Å²) in [6.45, 7) is 1.77. The SMILES string of the molecule is CC1=C(C(=O)O)C(c2cccc(Cl)c2)N(C(=O)NCCC(c2ccccc2)c2ccccc2)C(=O)N1. The lowest BCUT2D eigenvalue weighted by Crippen LogP contribution is -2.54. The van der Waals surface area contributed by atoms with Crippen LogP contribution in [0.5, 0.6) is 0 Å². The first-order valence-corrected chi connectivity index (χ1v) is 11.9. The lowest BCUT2D eigenvalue weighted by molar-refractivity contribution is -0.133. The van der Waals surface area contributed by atoms with Crippen LogP contribution in [0, 0.1) is 0 Å². The van der Waals surface area contributed by atoms with Crippen molar-refractivity contribution >= 4 is 29.6 Å². The number of carboxylic acid groups (broad SMARTS) is 1. The molecule has 7 nitrogen and oxygen atoms in total. The highest BCUT2D eigenvalue weighted by Crippen LogP contribution is 2.35. The van der Waals surface area contributed by atoms with Crippen LogP contribution in [0.15, 0.2) is 96.2 Å². The Balaban J connectivity index is 1.58. The maximum Gasteiger partial charge on any atom is 0.335 e. The van der Waals surface area contributed by atoms with E-state index in [1.807, 2.05) is 60.7 Å². The van der Waals surface area contributed by atoms with Gasteiger partial charge in [0.2, 0.25) is 0 Å². The monoisotopic (exact) mass is 503 g/mol. The second-order valence-corrected chi connectivity index (χ2v) is 8.93. The largest absolute Gasteiger partial charge is 0.478 e. The molecule has 3 aromatic carbocycles. The van der Waals surface area contributed by atoms with Gasteiger partial charge in [-0.25, -0.2) is 19.3 Å². The second kappa shape index (κ2) is 11.1. The van der Waals surface area contributed by atoms with E-state index >= 15 is 0 Å². The van der Waals surface area contributed by atoms with Gasteiger partial charge in [-0.1, -0.05) is 84.4 Å². The van der Waals surface area contributed by atoms with Gasteiger partial charge in [0.25, 0.3) is 0 Å². The first-order chi connectivity index (χ1) is 17.4. The molecule has 0 fully saturated rings. The molecule has 184 valence electrons. The minimum Gasteiger partial charge on any atom is -0.478 e. The molecular formula is C28H26ClN3O4. The summed E-state index contributed by atoms with van der Waals surface area (Å²) in [6.07, 6.45) is 0.581. The molecule has 4 rings (SSSR count). The molecule has 0 saturated carbocycles. The molecule has 3 aromatic rings. The Labute approximate surface area is 214 Å². The van der Waals surface area contributed by atoms with Crippen molar-refractivity contribution in [1.82, 2.24) is 15.5 Å². The van der Waals surface area contributed by atoms with Gasteiger partial charge < -0.3 is 15.7 Å². The molecule has 0 radical (unpaired) electrons. The van der Waals surface area contributed by atoms with Crippen LogP contribution < -0.4 is 10.6 Å². The quantitative estimate of drug-likeness (QED) is 0.385. The summed E-state index contributed by atoms with van der Waals surface area (Å²) >= 11 is 6.14. The third-order valence-corrected chi connectivity index (χ3v) is 6.41. The van der Waals surface area contributed by atoms with Gasteiger partial charge in [0.1, 0.15) is 6.04 Å². The number of allylic oxidation sites excluding steroid dienone is 1. The van der Waals surface area contributed by atoms with Gasteiger partial charge in [0.15, 0.2) is 0 Å². The summed E-state index contributed by atoms with van der Waals surface area (Å²) in [5.41, 5.74) is 2.72. The van der Waals surface area contributed by atoms with Gasteiger partial charge >= 0.3 is 18.0 Å². The van der Waals surface area contributed by atoms with Crippen molar-refractivity contribution in [3.05, 3.63) is 118 Å². The number of urea groups is 2. The standard InChI is InChI=1S/C28H26ClN3O4/c1-18-24(26(33)34)25(21-13-8-14-22(29)17-21)32(28(36)31-18)27(35)30-16-15-23(19-9-4-2-5-10-19)20-11-6-3-7-12-20/h2-14,17,23,25H,15-16H2,1H3,(H,30,35)(H,31,36)(H,33,34). The number of benzene rings is 3. The molecule has 1 aliphatic rings. The maximum absolute atomic E-state index is 13.3. The summed E-state index contributed by atoms with van der Waals surface area (Å²) in [5.74, 6) is -1.20. The zero-order valence-electron chi connectivity index (χ0n) is 19.6. The number of rotatable bonds is 7. The first-order valence-electron chi connectivity index (χ1n) is 11.5. The van der Waals surface area contributed by atoms with Crippen molar-refractivity contribution in [3.8, 4) is 0 Å². The molecule has 1 aliphatic heterocycles. The van der Waals surface area contributed by atoms with Crippen molar-refractivity contribution in [2.24, 2.45) is 0 Å². The van der Waals surface area contributed by atoms with E-state index in [4.69, 9.17) is 11.6 Å². The molecule has 0 aliphatic carbocycles. The van der Waals surface area contributed by atoms with E-state index in [1.165, 1.54) is 6.92 Å². The predicted octanol–water partition coefficient (Wildman–Crippen LogP) is 5.70. The van der Waals surface area contributed by atoms with Gasteiger partial charge in [0.05, 0.1) is 5.57 Å². The summed E-state index contributed by atoms with van der Waals surface area (Å²) in [7, 11) is 0. The van der Waals surface area contributed by atoms with Gasteiger partial charge in [-0.3, -0.25) is 0 Å². The predicted molar refractivity (Wildman–Crippen MR) is 138 cm³/mol. The molecule has 1 unspecified atom stereocenters. The highest BCUT2D eigenvalue weighted by molar-refractivity contribution is 6.30. The third kappa shape index (κ3) is 5.42. The van der Waals surface area contributed by atoms with Gasteiger partial charge in [-0.05, 0) is 42.2 Å². The lowest BCUT2D eigenvalue weighted by Gasteiger charge is -2.35. The average Bonchev–Trinajstić information content (AvgIpc) is 2.87. The molecular weight excluding hydrogens is 478 g/mol. The highest BCUT2D eigenvalue weighted by Gasteiger charge is 2.41. The van der Waals surface area contributed by atoms with Crippen molar-refractivity contribution < 1.29 is 19.5 Å². The van der Waals surface area contributed by atoms with Crippen molar-refractivity contribution in [3.63, 3.8) is 0 Å². The number of nitrogens with zero attached hydrogens (tertiary/aromatic N) is 1. The molecule has 8 heteroatoms. The Morgan fingerprint density at radius 2 is 1.61 bits per heavy atom. The van der Waals surface area contributed by atoms with E-state index in [1.54, 1.807) is 24.3 Å². The number of hydrogen-bond donors (Lipinski definition) is 3. The van der Waals surface area contributed by atoms with Crippen LogP contribution in [0.2, 0.25) is 5.02 Å². The number of carbonyl (C=O) groups is 3. The number of hydrogen-bond acceptors (Lipinski definition) is 3. The molecule has 36 heavy (non-hydrogen) atoms. The van der Waals surface area contributed by atoms with E-state index in [9.17, 15) is 19.5 Å². The molecule has 1 heterocycles. The van der Waals surface area contributed by atoms with Crippen LogP contribution in [-0.4, -0.2) is 34.6 Å². The molecule has 0 bridgehead atoms. The smallest absolute Gasteiger partial charge is 0.335 e. The molecule has 0 spiro atoms. The molecule has 1 atom stereocenters. The highest BCUT2D eigenvalue weighted by atomic mass is 35.5. The van der Waals surface area contributed by atoms with Crippen LogP contribution in [0.4, 0.5) is 9.59 Å². The van der Waals surface area contributed by atoms with Gasteiger partial charge in [-0.15, -0.1) is 0 Å². The van der Waals surface area contributed by atoms with Crippen LogP contribution in [-0.2, 0) is 4.79 Å². The van der Waals surface area contributed by atoms with E-state index in [0.717, 1.165) is 16.0 Å². The summed E-state index contributed by atoms with van der Waals surface area (Å²) in [5, 5.41) is 15.6. The minimum absolute atomic E-state index is 0.0309. The Morgan fingerprint density at radius 3 is 2.17 bits per heavy atom. The fourth-order valence-corrected chi connectivity index (χ4v) is 4.72. The van der Waals surface area contributed by atoms with Crippen molar-refractivity contribution in [2.75, 3.05) is 6.54 Å². The zero-order chi connectivity index (χ0) is 25.7. The van der Waals surface area contributed by atoms with Crippen molar-refractivity contribution in [2.45, 2.75) is 25.3 Å². The number of aliphatic carboxylic acids is 1. The number of carbonyl (C=O) groups excluding carboxylic acids is 2. The second-order valence-electron chi connectivity index (χ2n) is 8.50. The third-order valence-electron chi connectivity index (χ3n) is 6.18. The lowest BCUT2D eigenvalue weighted by atomic mass is 9.88. The number of nitrogens with one attached hydrogen (secondary N) is 2. The Hall–Kier alpha value is -4.10. The number of imide groups is 1. The van der Waals surface area contributed by atoms with Crippen LogP contribution in [0.1, 0.15) is 42.0 Å².